The standard InChI is InChI=1S/C27H45N5O4/c1-20(2)19-32(22-16-21(17-28-18-22)26(33)30-11-14-36-15-12-30)27(34)25-29-23-8-4-5-9-24(23)31(25)10-6-7-13-35-3/h20-22,28H,4-19H2,1-3H3. The zero-order chi connectivity index (χ0) is 25.5. The quantitative estimate of drug-likeness (QED) is 0.492. The van der Waals surface area contributed by atoms with Crippen molar-refractivity contribution in [1.82, 2.24) is 24.7 Å². The number of unbranched alkanes of at least 4 members (excludes halogenated alkanes) is 1. The molecule has 1 aromatic heterocycles. The predicted molar refractivity (Wildman–Crippen MR) is 138 cm³/mol. The Bertz CT molecular complexity index is 880. The molecule has 1 aromatic rings. The molecule has 9 heteroatoms. The number of amides is 2. The highest BCUT2D eigenvalue weighted by Gasteiger charge is 2.37. The van der Waals surface area contributed by atoms with Crippen LogP contribution in [0.4, 0.5) is 0 Å². The fourth-order valence-electron chi connectivity index (χ4n) is 5.83. The van der Waals surface area contributed by atoms with Crippen LogP contribution in [-0.2, 0) is 33.7 Å². The van der Waals surface area contributed by atoms with Crippen molar-refractivity contribution in [2.75, 3.05) is 59.7 Å². The number of imidazole rings is 1. The van der Waals surface area contributed by atoms with Crippen LogP contribution in [0.5, 0.6) is 0 Å². The number of methoxy groups -OCH3 is 1. The molecule has 2 unspecified atom stereocenters. The summed E-state index contributed by atoms with van der Waals surface area (Å²) in [5.74, 6) is 0.982. The van der Waals surface area contributed by atoms with E-state index in [-0.39, 0.29) is 23.8 Å². The highest BCUT2D eigenvalue weighted by Crippen LogP contribution is 2.26. The molecular formula is C27H45N5O4. The maximum absolute atomic E-state index is 14.2. The molecule has 202 valence electrons. The number of fused-ring (bicyclic) bond motifs is 1. The zero-order valence-corrected chi connectivity index (χ0v) is 22.5. The van der Waals surface area contributed by atoms with E-state index in [1.807, 2.05) is 9.80 Å². The first kappa shape index (κ1) is 27.1. The number of rotatable bonds is 10. The average Bonchev–Trinajstić information content (AvgIpc) is 3.28. The molecule has 3 aliphatic rings. The molecule has 2 atom stereocenters. The molecule has 0 aromatic carbocycles. The number of piperidine rings is 1. The third-order valence-corrected chi connectivity index (χ3v) is 7.67. The SMILES string of the molecule is COCCCCn1c(C(=O)N(CC(C)C)C2CNCC(C(=O)N3CCOCC3)C2)nc2c1CCCC2. The van der Waals surface area contributed by atoms with Crippen LogP contribution < -0.4 is 5.32 Å². The summed E-state index contributed by atoms with van der Waals surface area (Å²) in [6.07, 6.45) is 6.84. The molecular weight excluding hydrogens is 458 g/mol. The van der Waals surface area contributed by atoms with Crippen molar-refractivity contribution in [3.05, 3.63) is 17.2 Å². The second kappa shape index (κ2) is 13.0. The summed E-state index contributed by atoms with van der Waals surface area (Å²) in [6, 6.07) is -0.0284. The number of hydrogen-bond acceptors (Lipinski definition) is 6. The van der Waals surface area contributed by atoms with Crippen LogP contribution in [0.1, 0.15) is 68.0 Å². The number of ether oxygens (including phenoxy) is 2. The van der Waals surface area contributed by atoms with Gasteiger partial charge in [0, 0.05) is 64.7 Å². The van der Waals surface area contributed by atoms with E-state index in [0.29, 0.717) is 64.1 Å². The van der Waals surface area contributed by atoms with E-state index in [1.54, 1.807) is 7.11 Å². The minimum absolute atomic E-state index is 0.0103. The smallest absolute Gasteiger partial charge is 0.290 e. The van der Waals surface area contributed by atoms with E-state index in [4.69, 9.17) is 14.5 Å². The summed E-state index contributed by atoms with van der Waals surface area (Å²) < 4.78 is 12.9. The predicted octanol–water partition coefficient (Wildman–Crippen LogP) is 2.12. The van der Waals surface area contributed by atoms with Gasteiger partial charge in [0.2, 0.25) is 5.91 Å². The summed E-state index contributed by atoms with van der Waals surface area (Å²) in [7, 11) is 1.73. The summed E-state index contributed by atoms with van der Waals surface area (Å²) in [6.45, 7) is 10.4. The Balaban J connectivity index is 1.54. The summed E-state index contributed by atoms with van der Waals surface area (Å²) >= 11 is 0. The van der Waals surface area contributed by atoms with Crippen LogP contribution in [0, 0.1) is 11.8 Å². The zero-order valence-electron chi connectivity index (χ0n) is 22.5. The third-order valence-electron chi connectivity index (χ3n) is 7.67. The Labute approximate surface area is 215 Å². The van der Waals surface area contributed by atoms with Gasteiger partial charge in [-0.2, -0.15) is 0 Å². The lowest BCUT2D eigenvalue weighted by molar-refractivity contribution is -0.140. The van der Waals surface area contributed by atoms with E-state index in [9.17, 15) is 9.59 Å². The molecule has 0 saturated carbocycles. The molecule has 2 amide bonds. The van der Waals surface area contributed by atoms with Crippen molar-refractivity contribution in [3.63, 3.8) is 0 Å². The summed E-state index contributed by atoms with van der Waals surface area (Å²) in [5.41, 5.74) is 2.34. The lowest BCUT2D eigenvalue weighted by Gasteiger charge is -2.40. The topological polar surface area (TPSA) is 88.9 Å². The first-order valence-corrected chi connectivity index (χ1v) is 13.9. The minimum atomic E-state index is -0.119. The van der Waals surface area contributed by atoms with Crippen molar-refractivity contribution >= 4 is 11.8 Å². The van der Waals surface area contributed by atoms with Crippen molar-refractivity contribution in [3.8, 4) is 0 Å². The van der Waals surface area contributed by atoms with E-state index in [0.717, 1.165) is 57.4 Å². The molecule has 2 aliphatic heterocycles. The Morgan fingerprint density at radius 2 is 1.94 bits per heavy atom. The maximum atomic E-state index is 14.2. The fraction of sp³-hybridized carbons (Fsp3) is 0.815. The van der Waals surface area contributed by atoms with Gasteiger partial charge in [0.1, 0.15) is 0 Å². The molecule has 0 bridgehead atoms. The lowest BCUT2D eigenvalue weighted by Crippen LogP contribution is -2.56. The first-order chi connectivity index (χ1) is 17.5. The largest absolute Gasteiger partial charge is 0.385 e. The Kier molecular flexibility index (Phi) is 9.79. The molecule has 1 aliphatic carbocycles. The Morgan fingerprint density at radius 1 is 1.17 bits per heavy atom. The Morgan fingerprint density at radius 3 is 2.69 bits per heavy atom. The third kappa shape index (κ3) is 6.47. The van der Waals surface area contributed by atoms with Crippen LogP contribution in [0.3, 0.4) is 0 Å². The molecule has 2 saturated heterocycles. The average molecular weight is 504 g/mol. The second-order valence-electron chi connectivity index (χ2n) is 10.9. The van der Waals surface area contributed by atoms with Gasteiger partial charge in [-0.15, -0.1) is 0 Å². The van der Waals surface area contributed by atoms with Crippen LogP contribution in [0.25, 0.3) is 0 Å². The first-order valence-electron chi connectivity index (χ1n) is 13.9. The number of carbonyl (C=O) groups excluding carboxylic acids is 2. The van der Waals surface area contributed by atoms with E-state index in [2.05, 4.69) is 23.7 Å². The van der Waals surface area contributed by atoms with Gasteiger partial charge < -0.3 is 29.2 Å². The Hall–Kier alpha value is -1.97. The number of aromatic nitrogens is 2. The number of hydrogen-bond donors (Lipinski definition) is 1. The van der Waals surface area contributed by atoms with Crippen LogP contribution in [0.2, 0.25) is 0 Å². The molecule has 0 spiro atoms. The number of morpholine rings is 1. The molecule has 1 N–H and O–H groups in total. The summed E-state index contributed by atoms with van der Waals surface area (Å²) in [5, 5.41) is 3.46. The minimum Gasteiger partial charge on any atom is -0.385 e. The van der Waals surface area contributed by atoms with Gasteiger partial charge in [-0.3, -0.25) is 9.59 Å². The number of carbonyl (C=O) groups is 2. The normalized spacial score (nSPS) is 22.5. The van der Waals surface area contributed by atoms with Gasteiger partial charge in [0.15, 0.2) is 5.82 Å². The van der Waals surface area contributed by atoms with Gasteiger partial charge in [0.05, 0.1) is 24.8 Å². The molecule has 4 rings (SSSR count). The number of nitrogens with one attached hydrogen (secondary N) is 1. The van der Waals surface area contributed by atoms with Crippen molar-refractivity contribution < 1.29 is 19.1 Å². The van der Waals surface area contributed by atoms with E-state index < -0.39 is 0 Å². The number of aryl methyl sites for hydroxylation is 1. The van der Waals surface area contributed by atoms with Gasteiger partial charge in [-0.05, 0) is 50.9 Å². The van der Waals surface area contributed by atoms with Gasteiger partial charge in [0.25, 0.3) is 5.91 Å². The van der Waals surface area contributed by atoms with Crippen molar-refractivity contribution in [2.45, 2.75) is 71.4 Å². The maximum Gasteiger partial charge on any atom is 0.290 e. The molecule has 9 nitrogen and oxygen atoms in total. The molecule has 0 radical (unpaired) electrons. The summed E-state index contributed by atoms with van der Waals surface area (Å²) in [4.78, 5) is 36.3. The van der Waals surface area contributed by atoms with Gasteiger partial charge >= 0.3 is 0 Å². The van der Waals surface area contributed by atoms with Gasteiger partial charge in [-0.25, -0.2) is 4.98 Å². The van der Waals surface area contributed by atoms with E-state index >= 15 is 0 Å². The van der Waals surface area contributed by atoms with Crippen LogP contribution >= 0.6 is 0 Å². The highest BCUT2D eigenvalue weighted by atomic mass is 16.5. The van der Waals surface area contributed by atoms with E-state index in [1.165, 1.54) is 5.69 Å². The molecule has 3 heterocycles. The monoisotopic (exact) mass is 503 g/mol. The number of nitrogens with zero attached hydrogens (tertiary/aromatic N) is 4. The highest BCUT2D eigenvalue weighted by molar-refractivity contribution is 5.91. The van der Waals surface area contributed by atoms with Crippen molar-refractivity contribution in [2.24, 2.45) is 11.8 Å². The molecule has 2 fully saturated rings. The molecule has 36 heavy (non-hydrogen) atoms. The lowest BCUT2D eigenvalue weighted by atomic mass is 9.92. The second-order valence-corrected chi connectivity index (χ2v) is 10.9. The van der Waals surface area contributed by atoms with Crippen molar-refractivity contribution in [1.29, 1.82) is 0 Å². The van der Waals surface area contributed by atoms with Crippen LogP contribution in [-0.4, -0.2) is 96.9 Å². The van der Waals surface area contributed by atoms with Gasteiger partial charge in [-0.1, -0.05) is 13.8 Å². The van der Waals surface area contributed by atoms with Crippen LogP contribution in [0.15, 0.2) is 0 Å². The fourth-order valence-corrected chi connectivity index (χ4v) is 5.83.